The summed E-state index contributed by atoms with van der Waals surface area (Å²) < 4.78 is 2.19. The molecule has 102 valence electrons. The molecule has 0 fully saturated rings. The lowest BCUT2D eigenvalue weighted by Crippen LogP contribution is -2.26. The SMILES string of the molecule is CCNC(c1ccncc1CC)c1nccn1CC. The Bertz CT molecular complexity index is 518. The van der Waals surface area contributed by atoms with E-state index in [4.69, 9.17) is 0 Å². The zero-order valence-corrected chi connectivity index (χ0v) is 11.9. The van der Waals surface area contributed by atoms with E-state index in [9.17, 15) is 0 Å². The highest BCUT2D eigenvalue weighted by Gasteiger charge is 2.20. The van der Waals surface area contributed by atoms with Crippen molar-refractivity contribution in [1.29, 1.82) is 0 Å². The van der Waals surface area contributed by atoms with E-state index in [1.807, 2.05) is 24.8 Å². The average Bonchev–Trinajstić information content (AvgIpc) is 2.93. The molecule has 2 rings (SSSR count). The number of aromatic nitrogens is 3. The fourth-order valence-electron chi connectivity index (χ4n) is 2.41. The van der Waals surface area contributed by atoms with Gasteiger partial charge in [-0.2, -0.15) is 0 Å². The van der Waals surface area contributed by atoms with Gasteiger partial charge in [0.25, 0.3) is 0 Å². The van der Waals surface area contributed by atoms with Gasteiger partial charge < -0.3 is 9.88 Å². The summed E-state index contributed by atoms with van der Waals surface area (Å²) in [6, 6.07) is 2.24. The molecule has 0 aliphatic carbocycles. The Morgan fingerprint density at radius 1 is 1.26 bits per heavy atom. The molecule has 0 aromatic carbocycles. The van der Waals surface area contributed by atoms with E-state index in [0.717, 1.165) is 25.3 Å². The predicted molar refractivity (Wildman–Crippen MR) is 77.0 cm³/mol. The van der Waals surface area contributed by atoms with Crippen molar-refractivity contribution in [2.75, 3.05) is 6.54 Å². The van der Waals surface area contributed by atoms with Gasteiger partial charge in [-0.1, -0.05) is 13.8 Å². The Morgan fingerprint density at radius 3 is 2.79 bits per heavy atom. The molecule has 1 N–H and O–H groups in total. The highest BCUT2D eigenvalue weighted by atomic mass is 15.1. The molecule has 1 atom stereocenters. The van der Waals surface area contributed by atoms with Crippen LogP contribution in [-0.2, 0) is 13.0 Å². The smallest absolute Gasteiger partial charge is 0.130 e. The van der Waals surface area contributed by atoms with Crippen LogP contribution in [0.25, 0.3) is 0 Å². The van der Waals surface area contributed by atoms with Gasteiger partial charge in [0.2, 0.25) is 0 Å². The molecule has 19 heavy (non-hydrogen) atoms. The van der Waals surface area contributed by atoms with Crippen LogP contribution in [0.1, 0.15) is 43.8 Å². The maximum Gasteiger partial charge on any atom is 0.130 e. The first-order valence-corrected chi connectivity index (χ1v) is 6.98. The van der Waals surface area contributed by atoms with Crippen molar-refractivity contribution in [3.8, 4) is 0 Å². The summed E-state index contributed by atoms with van der Waals surface area (Å²) in [4.78, 5) is 8.77. The topological polar surface area (TPSA) is 42.7 Å². The zero-order valence-electron chi connectivity index (χ0n) is 11.9. The summed E-state index contributed by atoms with van der Waals surface area (Å²) in [5.41, 5.74) is 2.55. The first kappa shape index (κ1) is 13.7. The number of aryl methyl sites for hydroxylation is 2. The molecule has 0 aliphatic rings. The van der Waals surface area contributed by atoms with Gasteiger partial charge in [-0.05, 0) is 37.1 Å². The summed E-state index contributed by atoms with van der Waals surface area (Å²) in [5, 5.41) is 3.54. The van der Waals surface area contributed by atoms with Gasteiger partial charge in [0.05, 0.1) is 6.04 Å². The lowest BCUT2D eigenvalue weighted by Gasteiger charge is -2.21. The molecule has 0 aliphatic heterocycles. The number of nitrogens with zero attached hydrogens (tertiary/aromatic N) is 3. The molecule has 4 nitrogen and oxygen atoms in total. The second-order valence-electron chi connectivity index (χ2n) is 4.49. The van der Waals surface area contributed by atoms with Crippen molar-refractivity contribution in [3.05, 3.63) is 47.8 Å². The van der Waals surface area contributed by atoms with E-state index in [1.54, 1.807) is 0 Å². The van der Waals surface area contributed by atoms with E-state index >= 15 is 0 Å². The fraction of sp³-hybridized carbons (Fsp3) is 0.467. The summed E-state index contributed by atoms with van der Waals surface area (Å²) in [7, 11) is 0. The summed E-state index contributed by atoms with van der Waals surface area (Å²) in [5.74, 6) is 1.07. The highest BCUT2D eigenvalue weighted by molar-refractivity contribution is 5.31. The van der Waals surface area contributed by atoms with Crippen LogP contribution in [0.15, 0.2) is 30.9 Å². The van der Waals surface area contributed by atoms with E-state index in [0.29, 0.717) is 0 Å². The molecule has 0 bridgehead atoms. The third-order valence-corrected chi connectivity index (χ3v) is 3.39. The Kier molecular flexibility index (Phi) is 4.68. The van der Waals surface area contributed by atoms with Gasteiger partial charge in [-0.25, -0.2) is 4.98 Å². The molecular formula is C15H22N4. The quantitative estimate of drug-likeness (QED) is 0.866. The summed E-state index contributed by atoms with van der Waals surface area (Å²) >= 11 is 0. The predicted octanol–water partition coefficient (Wildman–Crippen LogP) is 2.56. The minimum absolute atomic E-state index is 0.137. The average molecular weight is 258 g/mol. The molecule has 0 spiro atoms. The third kappa shape index (κ3) is 2.84. The van der Waals surface area contributed by atoms with Crippen LogP contribution in [0, 0.1) is 0 Å². The van der Waals surface area contributed by atoms with Crippen molar-refractivity contribution < 1.29 is 0 Å². The van der Waals surface area contributed by atoms with E-state index in [1.165, 1.54) is 11.1 Å². The molecule has 0 saturated heterocycles. The number of pyridine rings is 1. The van der Waals surface area contributed by atoms with Gasteiger partial charge in [0, 0.05) is 31.3 Å². The number of rotatable bonds is 6. The number of nitrogens with one attached hydrogen (secondary N) is 1. The largest absolute Gasteiger partial charge is 0.334 e. The van der Waals surface area contributed by atoms with Crippen LogP contribution >= 0.6 is 0 Å². The van der Waals surface area contributed by atoms with Crippen molar-refractivity contribution in [3.63, 3.8) is 0 Å². The number of imidazole rings is 1. The normalized spacial score (nSPS) is 12.6. The van der Waals surface area contributed by atoms with Crippen LogP contribution in [0.2, 0.25) is 0 Å². The summed E-state index contributed by atoms with van der Waals surface area (Å²) in [6.07, 6.45) is 8.71. The van der Waals surface area contributed by atoms with Crippen LogP contribution in [-0.4, -0.2) is 21.1 Å². The molecule has 4 heteroatoms. The third-order valence-electron chi connectivity index (χ3n) is 3.39. The van der Waals surface area contributed by atoms with Crippen molar-refractivity contribution >= 4 is 0 Å². The van der Waals surface area contributed by atoms with Gasteiger partial charge in [0.1, 0.15) is 5.82 Å². The minimum Gasteiger partial charge on any atom is -0.334 e. The monoisotopic (exact) mass is 258 g/mol. The Morgan fingerprint density at radius 2 is 2.11 bits per heavy atom. The second-order valence-corrected chi connectivity index (χ2v) is 4.49. The van der Waals surface area contributed by atoms with Crippen molar-refractivity contribution in [2.45, 2.75) is 39.8 Å². The van der Waals surface area contributed by atoms with E-state index < -0.39 is 0 Å². The minimum atomic E-state index is 0.137. The molecule has 0 amide bonds. The van der Waals surface area contributed by atoms with Gasteiger partial charge in [0.15, 0.2) is 0 Å². The Balaban J connectivity index is 2.45. The van der Waals surface area contributed by atoms with Crippen LogP contribution in [0.4, 0.5) is 0 Å². The van der Waals surface area contributed by atoms with Crippen LogP contribution < -0.4 is 5.32 Å². The number of hydrogen-bond acceptors (Lipinski definition) is 3. The number of hydrogen-bond donors (Lipinski definition) is 1. The second kappa shape index (κ2) is 6.48. The van der Waals surface area contributed by atoms with Crippen molar-refractivity contribution in [1.82, 2.24) is 19.9 Å². The Labute approximate surface area is 114 Å². The molecule has 0 saturated carbocycles. The lowest BCUT2D eigenvalue weighted by molar-refractivity contribution is 0.555. The van der Waals surface area contributed by atoms with E-state index in [2.05, 4.69) is 46.7 Å². The standard InChI is InChI=1S/C15H22N4/c1-4-12-11-16-8-7-13(12)14(17-5-2)15-18-9-10-19(15)6-3/h7-11,14,17H,4-6H2,1-3H3. The first-order valence-electron chi connectivity index (χ1n) is 6.98. The van der Waals surface area contributed by atoms with Gasteiger partial charge >= 0.3 is 0 Å². The molecule has 1 unspecified atom stereocenters. The first-order chi connectivity index (χ1) is 9.31. The highest BCUT2D eigenvalue weighted by Crippen LogP contribution is 2.24. The van der Waals surface area contributed by atoms with Crippen molar-refractivity contribution in [2.24, 2.45) is 0 Å². The molecule has 2 aromatic rings. The fourth-order valence-corrected chi connectivity index (χ4v) is 2.41. The molecule has 2 heterocycles. The maximum absolute atomic E-state index is 4.54. The molecule has 0 radical (unpaired) electrons. The van der Waals surface area contributed by atoms with Crippen LogP contribution in [0.3, 0.4) is 0 Å². The van der Waals surface area contributed by atoms with Crippen LogP contribution in [0.5, 0.6) is 0 Å². The summed E-state index contributed by atoms with van der Waals surface area (Å²) in [6.45, 7) is 8.27. The van der Waals surface area contributed by atoms with Gasteiger partial charge in [-0.15, -0.1) is 0 Å². The van der Waals surface area contributed by atoms with Gasteiger partial charge in [-0.3, -0.25) is 4.98 Å². The zero-order chi connectivity index (χ0) is 13.7. The molecular weight excluding hydrogens is 236 g/mol. The molecule has 2 aromatic heterocycles. The lowest BCUT2D eigenvalue weighted by atomic mass is 10.00. The van der Waals surface area contributed by atoms with E-state index in [-0.39, 0.29) is 6.04 Å². The maximum atomic E-state index is 4.54. The Hall–Kier alpha value is -1.68.